The third kappa shape index (κ3) is 4.96. The fraction of sp³-hybridized carbons (Fsp3) is 0.318. The van der Waals surface area contributed by atoms with Crippen molar-refractivity contribution in [2.45, 2.75) is 43.4 Å². The summed E-state index contributed by atoms with van der Waals surface area (Å²) in [6.45, 7) is 5.95. The van der Waals surface area contributed by atoms with Gasteiger partial charge in [0.15, 0.2) is 15.8 Å². The Labute approximate surface area is 183 Å². The van der Waals surface area contributed by atoms with Crippen LogP contribution in [0.2, 0.25) is 5.02 Å². The van der Waals surface area contributed by atoms with Gasteiger partial charge in [0.25, 0.3) is 0 Å². The summed E-state index contributed by atoms with van der Waals surface area (Å²) in [7, 11) is -3.28. The Morgan fingerprint density at radius 2 is 1.97 bits per heavy atom. The van der Waals surface area contributed by atoms with Gasteiger partial charge in [-0.05, 0) is 68.2 Å². The van der Waals surface area contributed by atoms with Gasteiger partial charge in [0.05, 0.1) is 10.1 Å². The van der Waals surface area contributed by atoms with Crippen LogP contribution in [0.3, 0.4) is 0 Å². The van der Waals surface area contributed by atoms with E-state index < -0.39 is 15.1 Å². The molecule has 0 spiro atoms. The second kappa shape index (κ2) is 9.10. The summed E-state index contributed by atoms with van der Waals surface area (Å²) < 4.78 is 24.8. The van der Waals surface area contributed by atoms with Crippen molar-refractivity contribution in [2.24, 2.45) is 10.7 Å². The second-order valence-corrected chi connectivity index (χ2v) is 10.4. The van der Waals surface area contributed by atoms with E-state index in [1.807, 2.05) is 37.3 Å². The first-order valence-electron chi connectivity index (χ1n) is 9.82. The summed E-state index contributed by atoms with van der Waals surface area (Å²) in [6, 6.07) is 12.6. The number of hydrogen-bond donors (Lipinski definition) is 3. The lowest BCUT2D eigenvalue weighted by atomic mass is 10.0. The van der Waals surface area contributed by atoms with E-state index in [1.54, 1.807) is 32.0 Å². The first-order chi connectivity index (χ1) is 14.2. The lowest BCUT2D eigenvalue weighted by Gasteiger charge is -2.22. The average Bonchev–Trinajstić information content (AvgIpc) is 2.70. The Morgan fingerprint density at radius 3 is 2.70 bits per heavy atom. The van der Waals surface area contributed by atoms with Crippen LogP contribution in [0.15, 0.2) is 64.2 Å². The number of rotatable bonds is 7. The number of benzene rings is 2. The molecule has 1 heterocycles. The number of nitrogens with two attached hydrogens (primary N) is 1. The molecule has 1 unspecified atom stereocenters. The largest absolute Gasteiger partial charge is 0.371 e. The van der Waals surface area contributed by atoms with Gasteiger partial charge in [-0.15, -0.1) is 0 Å². The molecule has 2 aromatic carbocycles. The zero-order chi connectivity index (χ0) is 21.9. The fourth-order valence-corrected chi connectivity index (χ4v) is 4.57. The van der Waals surface area contributed by atoms with E-state index in [-0.39, 0.29) is 6.04 Å². The van der Waals surface area contributed by atoms with Gasteiger partial charge in [-0.2, -0.15) is 0 Å². The molecule has 0 aromatic heterocycles. The molecule has 30 heavy (non-hydrogen) atoms. The summed E-state index contributed by atoms with van der Waals surface area (Å²) in [4.78, 5) is 4.83. The van der Waals surface area contributed by atoms with Crippen LogP contribution in [0.5, 0.6) is 0 Å². The molecule has 3 rings (SSSR count). The Kier molecular flexibility index (Phi) is 6.73. The zero-order valence-electron chi connectivity index (χ0n) is 17.3. The van der Waals surface area contributed by atoms with Crippen molar-refractivity contribution in [2.75, 3.05) is 6.54 Å². The smallest absolute Gasteiger partial charge is 0.195 e. The standard InChI is InChI=1S/C22H27ClN4O2S/c1-14(2)30(28,29)17-7-4-6-16(12-17)10-11-25-21-13-20(26-22(24)27-21)18-8-5-9-19(23)15(18)3/h4-9,12-14,20,25H,10-11H2,1-3H3,(H3,24,26,27). The van der Waals surface area contributed by atoms with Gasteiger partial charge in [0.2, 0.25) is 0 Å². The topological polar surface area (TPSA) is 96.6 Å². The summed E-state index contributed by atoms with van der Waals surface area (Å²) in [5.41, 5.74) is 8.90. The molecular weight excluding hydrogens is 420 g/mol. The molecule has 0 saturated carbocycles. The Hall–Kier alpha value is -2.51. The van der Waals surface area contributed by atoms with Crippen LogP contribution in [0.4, 0.5) is 0 Å². The summed E-state index contributed by atoms with van der Waals surface area (Å²) in [5.74, 6) is 1.09. The van der Waals surface area contributed by atoms with Crippen molar-refractivity contribution in [1.29, 1.82) is 0 Å². The van der Waals surface area contributed by atoms with Crippen LogP contribution >= 0.6 is 11.6 Å². The van der Waals surface area contributed by atoms with Crippen molar-refractivity contribution in [1.82, 2.24) is 10.6 Å². The minimum absolute atomic E-state index is 0.230. The van der Waals surface area contributed by atoms with Gasteiger partial charge in [0, 0.05) is 11.6 Å². The first kappa shape index (κ1) is 22.2. The molecular formula is C22H27ClN4O2S. The molecule has 0 bridgehead atoms. The van der Waals surface area contributed by atoms with Crippen LogP contribution < -0.4 is 16.4 Å². The maximum atomic E-state index is 12.4. The highest BCUT2D eigenvalue weighted by Gasteiger charge is 2.20. The molecule has 0 radical (unpaired) electrons. The molecule has 160 valence electrons. The minimum atomic E-state index is -3.28. The van der Waals surface area contributed by atoms with E-state index in [4.69, 9.17) is 17.3 Å². The van der Waals surface area contributed by atoms with Gasteiger partial charge < -0.3 is 16.4 Å². The van der Waals surface area contributed by atoms with E-state index in [2.05, 4.69) is 15.6 Å². The molecule has 8 heteroatoms. The fourth-order valence-electron chi connectivity index (χ4n) is 3.26. The zero-order valence-corrected chi connectivity index (χ0v) is 18.9. The van der Waals surface area contributed by atoms with E-state index in [1.165, 1.54) is 0 Å². The number of sulfone groups is 1. The highest BCUT2D eigenvalue weighted by atomic mass is 35.5. The third-order valence-corrected chi connectivity index (χ3v) is 7.63. The van der Waals surface area contributed by atoms with E-state index in [0.717, 1.165) is 22.5 Å². The molecule has 4 N–H and O–H groups in total. The third-order valence-electron chi connectivity index (χ3n) is 5.07. The van der Waals surface area contributed by atoms with E-state index in [9.17, 15) is 8.42 Å². The summed E-state index contributed by atoms with van der Waals surface area (Å²) in [5, 5.41) is 6.60. The molecule has 0 aliphatic carbocycles. The van der Waals surface area contributed by atoms with Crippen molar-refractivity contribution < 1.29 is 8.42 Å². The van der Waals surface area contributed by atoms with Gasteiger partial charge in [-0.1, -0.05) is 35.9 Å². The second-order valence-electron chi connectivity index (χ2n) is 7.54. The molecule has 0 fully saturated rings. The van der Waals surface area contributed by atoms with Crippen LogP contribution in [0.25, 0.3) is 0 Å². The van der Waals surface area contributed by atoms with E-state index >= 15 is 0 Å². The van der Waals surface area contributed by atoms with Crippen LogP contribution in [0, 0.1) is 6.92 Å². The predicted octanol–water partition coefficient (Wildman–Crippen LogP) is 3.46. The highest BCUT2D eigenvalue weighted by Crippen LogP contribution is 2.29. The predicted molar refractivity (Wildman–Crippen MR) is 122 cm³/mol. The normalized spacial score (nSPS) is 16.6. The average molecular weight is 447 g/mol. The molecule has 1 atom stereocenters. The molecule has 1 aliphatic rings. The first-order valence-corrected chi connectivity index (χ1v) is 11.7. The van der Waals surface area contributed by atoms with Crippen molar-refractivity contribution >= 4 is 27.4 Å². The van der Waals surface area contributed by atoms with Crippen LogP contribution in [-0.2, 0) is 16.3 Å². The maximum absolute atomic E-state index is 12.4. The monoisotopic (exact) mass is 446 g/mol. The number of nitrogens with one attached hydrogen (secondary N) is 2. The van der Waals surface area contributed by atoms with Gasteiger partial charge in [-0.25, -0.2) is 13.4 Å². The summed E-state index contributed by atoms with van der Waals surface area (Å²) in [6.07, 6.45) is 2.63. The molecule has 6 nitrogen and oxygen atoms in total. The number of nitrogens with zero attached hydrogens (tertiary/aromatic N) is 1. The lowest BCUT2D eigenvalue weighted by molar-refractivity contribution is 0.587. The highest BCUT2D eigenvalue weighted by molar-refractivity contribution is 7.92. The Morgan fingerprint density at radius 1 is 1.23 bits per heavy atom. The minimum Gasteiger partial charge on any atom is -0.371 e. The maximum Gasteiger partial charge on any atom is 0.195 e. The van der Waals surface area contributed by atoms with Gasteiger partial charge in [0.1, 0.15) is 11.9 Å². The van der Waals surface area contributed by atoms with Crippen molar-refractivity contribution in [3.05, 3.63) is 76.1 Å². The SMILES string of the molecule is Cc1c(Cl)cccc1C1C=C(NCCc2cccc(S(=O)(=O)C(C)C)c2)NC(N)=N1. The van der Waals surface area contributed by atoms with Crippen LogP contribution in [-0.4, -0.2) is 26.2 Å². The Balaban J connectivity index is 1.69. The van der Waals surface area contributed by atoms with Crippen molar-refractivity contribution in [3.8, 4) is 0 Å². The quantitative estimate of drug-likeness (QED) is 0.605. The van der Waals surface area contributed by atoms with Crippen molar-refractivity contribution in [3.63, 3.8) is 0 Å². The number of guanidine groups is 1. The molecule has 0 saturated heterocycles. The van der Waals surface area contributed by atoms with Gasteiger partial charge in [-0.3, -0.25) is 0 Å². The molecule has 2 aromatic rings. The molecule has 0 amide bonds. The van der Waals surface area contributed by atoms with E-state index in [0.29, 0.717) is 28.8 Å². The molecule has 1 aliphatic heterocycles. The van der Waals surface area contributed by atoms with Crippen LogP contribution in [0.1, 0.15) is 36.6 Å². The number of halogens is 1. The number of hydrogen-bond acceptors (Lipinski definition) is 6. The Bertz CT molecular complexity index is 1090. The van der Waals surface area contributed by atoms with Gasteiger partial charge >= 0.3 is 0 Å². The summed E-state index contributed by atoms with van der Waals surface area (Å²) >= 11 is 6.25. The lowest BCUT2D eigenvalue weighted by Crippen LogP contribution is -2.40. The number of aliphatic imine (C=N–C) groups is 1.